The Morgan fingerprint density at radius 2 is 2.20 bits per heavy atom. The first-order valence-electron chi connectivity index (χ1n) is 4.51. The average molecular weight is 221 g/mol. The number of benzene rings is 1. The third-order valence-corrected chi connectivity index (χ3v) is 3.28. The van der Waals surface area contributed by atoms with Crippen molar-refractivity contribution in [3.05, 3.63) is 29.1 Å². The van der Waals surface area contributed by atoms with Gasteiger partial charge >= 0.3 is 0 Å². The van der Waals surface area contributed by atoms with E-state index in [0.29, 0.717) is 5.71 Å². The van der Waals surface area contributed by atoms with Gasteiger partial charge in [-0.15, -0.1) is 11.3 Å². The molecule has 0 fully saturated rings. The van der Waals surface area contributed by atoms with Gasteiger partial charge in [0.2, 0.25) is 0 Å². The smallest absolute Gasteiger partial charge is 0.127 e. The van der Waals surface area contributed by atoms with Crippen molar-refractivity contribution in [3.8, 4) is 5.75 Å². The molecule has 0 amide bonds. The summed E-state index contributed by atoms with van der Waals surface area (Å²) in [6.07, 6.45) is 0. The van der Waals surface area contributed by atoms with E-state index in [1.54, 1.807) is 25.4 Å². The van der Waals surface area contributed by atoms with Gasteiger partial charge in [0, 0.05) is 15.6 Å². The SMILES string of the molecule is COc1ccc(/C(C)=N/O)c2sccc12. The fourth-order valence-corrected chi connectivity index (χ4v) is 2.53. The lowest BCUT2D eigenvalue weighted by molar-refractivity contribution is 0.319. The number of methoxy groups -OCH3 is 1. The van der Waals surface area contributed by atoms with Crippen LogP contribution in [0.2, 0.25) is 0 Å². The molecular formula is C11H11NO2S. The molecule has 0 radical (unpaired) electrons. The predicted octanol–water partition coefficient (Wildman–Crippen LogP) is 3.11. The van der Waals surface area contributed by atoms with Gasteiger partial charge in [-0.1, -0.05) is 5.16 Å². The van der Waals surface area contributed by atoms with Crippen LogP contribution in [-0.2, 0) is 0 Å². The second-order valence-electron chi connectivity index (χ2n) is 3.16. The summed E-state index contributed by atoms with van der Waals surface area (Å²) >= 11 is 1.62. The minimum atomic E-state index is 0.616. The molecule has 3 nitrogen and oxygen atoms in total. The molecule has 0 saturated carbocycles. The molecule has 1 aromatic heterocycles. The molecule has 2 rings (SSSR count). The highest BCUT2D eigenvalue weighted by Gasteiger charge is 2.09. The van der Waals surface area contributed by atoms with Crippen LogP contribution in [0, 0.1) is 0 Å². The molecule has 1 aromatic carbocycles. The summed E-state index contributed by atoms with van der Waals surface area (Å²) in [5, 5.41) is 15.1. The van der Waals surface area contributed by atoms with Gasteiger partial charge in [-0.2, -0.15) is 0 Å². The first-order valence-corrected chi connectivity index (χ1v) is 5.39. The fourth-order valence-electron chi connectivity index (χ4n) is 1.55. The standard InChI is InChI=1S/C11H11NO2S/c1-7(12-13)8-3-4-10(14-2)9-5-6-15-11(8)9/h3-6,13H,1-2H3/b12-7+. The van der Waals surface area contributed by atoms with Crippen molar-refractivity contribution in [2.45, 2.75) is 6.92 Å². The minimum absolute atomic E-state index is 0.616. The third-order valence-electron chi connectivity index (χ3n) is 2.34. The van der Waals surface area contributed by atoms with E-state index in [0.717, 1.165) is 21.4 Å². The van der Waals surface area contributed by atoms with E-state index in [4.69, 9.17) is 9.94 Å². The summed E-state index contributed by atoms with van der Waals surface area (Å²) in [5.74, 6) is 0.848. The Morgan fingerprint density at radius 3 is 2.87 bits per heavy atom. The predicted molar refractivity (Wildman–Crippen MR) is 62.4 cm³/mol. The van der Waals surface area contributed by atoms with Crippen LogP contribution in [0.5, 0.6) is 5.75 Å². The van der Waals surface area contributed by atoms with Crippen molar-refractivity contribution in [2.75, 3.05) is 7.11 Å². The molecule has 0 saturated heterocycles. The summed E-state index contributed by atoms with van der Waals surface area (Å²) in [6, 6.07) is 5.80. The van der Waals surface area contributed by atoms with Gasteiger partial charge < -0.3 is 9.94 Å². The first-order chi connectivity index (χ1) is 7.27. The zero-order chi connectivity index (χ0) is 10.8. The summed E-state index contributed by atoms with van der Waals surface area (Å²) in [6.45, 7) is 1.78. The Balaban J connectivity index is 2.74. The van der Waals surface area contributed by atoms with Crippen molar-refractivity contribution in [1.82, 2.24) is 0 Å². The zero-order valence-corrected chi connectivity index (χ0v) is 9.34. The highest BCUT2D eigenvalue weighted by atomic mass is 32.1. The molecule has 1 heterocycles. The van der Waals surface area contributed by atoms with Crippen LogP contribution < -0.4 is 4.74 Å². The van der Waals surface area contributed by atoms with Crippen LogP contribution in [-0.4, -0.2) is 18.0 Å². The van der Waals surface area contributed by atoms with Crippen molar-refractivity contribution >= 4 is 27.1 Å². The Labute approximate surface area is 91.6 Å². The van der Waals surface area contributed by atoms with Gasteiger partial charge in [0.25, 0.3) is 0 Å². The second kappa shape index (κ2) is 3.90. The third kappa shape index (κ3) is 1.57. The van der Waals surface area contributed by atoms with E-state index in [1.165, 1.54) is 0 Å². The monoisotopic (exact) mass is 221 g/mol. The van der Waals surface area contributed by atoms with Crippen LogP contribution in [0.3, 0.4) is 0 Å². The van der Waals surface area contributed by atoms with Crippen LogP contribution in [0.25, 0.3) is 10.1 Å². The molecule has 1 N–H and O–H groups in total. The molecule has 0 spiro atoms. The Morgan fingerprint density at radius 1 is 1.40 bits per heavy atom. The zero-order valence-electron chi connectivity index (χ0n) is 8.52. The second-order valence-corrected chi connectivity index (χ2v) is 4.08. The van der Waals surface area contributed by atoms with E-state index in [9.17, 15) is 0 Å². The maximum absolute atomic E-state index is 8.77. The van der Waals surface area contributed by atoms with Gasteiger partial charge in [-0.05, 0) is 30.5 Å². The van der Waals surface area contributed by atoms with E-state index >= 15 is 0 Å². The average Bonchev–Trinajstić information content (AvgIpc) is 2.75. The fraction of sp³-hybridized carbons (Fsp3) is 0.182. The number of nitrogens with zero attached hydrogens (tertiary/aromatic N) is 1. The number of oxime groups is 1. The van der Waals surface area contributed by atoms with Gasteiger partial charge in [0.05, 0.1) is 12.8 Å². The topological polar surface area (TPSA) is 41.8 Å². The molecule has 78 valence electrons. The van der Waals surface area contributed by atoms with E-state index in [-0.39, 0.29) is 0 Å². The summed E-state index contributed by atoms with van der Waals surface area (Å²) in [5.41, 5.74) is 1.56. The van der Waals surface area contributed by atoms with E-state index in [1.807, 2.05) is 23.6 Å². The molecular weight excluding hydrogens is 210 g/mol. The number of thiophene rings is 1. The largest absolute Gasteiger partial charge is 0.496 e. The lowest BCUT2D eigenvalue weighted by Crippen LogP contribution is -1.95. The number of hydrogen-bond acceptors (Lipinski definition) is 4. The highest BCUT2D eigenvalue weighted by molar-refractivity contribution is 7.17. The van der Waals surface area contributed by atoms with E-state index < -0.39 is 0 Å². The van der Waals surface area contributed by atoms with Crippen molar-refractivity contribution in [1.29, 1.82) is 0 Å². The summed E-state index contributed by atoms with van der Waals surface area (Å²) in [7, 11) is 1.65. The Bertz CT molecular complexity index is 516. The molecule has 0 atom stereocenters. The van der Waals surface area contributed by atoms with Crippen LogP contribution in [0.15, 0.2) is 28.7 Å². The molecule has 0 aliphatic heterocycles. The van der Waals surface area contributed by atoms with Crippen molar-refractivity contribution < 1.29 is 9.94 Å². The molecule has 15 heavy (non-hydrogen) atoms. The number of rotatable bonds is 2. The Kier molecular flexibility index (Phi) is 2.60. The minimum Gasteiger partial charge on any atom is -0.496 e. The lowest BCUT2D eigenvalue weighted by atomic mass is 10.1. The lowest BCUT2D eigenvalue weighted by Gasteiger charge is -2.05. The molecule has 0 bridgehead atoms. The Hall–Kier alpha value is -1.55. The van der Waals surface area contributed by atoms with Crippen molar-refractivity contribution in [3.63, 3.8) is 0 Å². The van der Waals surface area contributed by atoms with Gasteiger partial charge in [0.1, 0.15) is 5.75 Å². The molecule has 0 aliphatic carbocycles. The number of ether oxygens (including phenoxy) is 1. The van der Waals surface area contributed by atoms with E-state index in [2.05, 4.69) is 5.16 Å². The van der Waals surface area contributed by atoms with Crippen LogP contribution in [0.1, 0.15) is 12.5 Å². The number of hydrogen-bond donors (Lipinski definition) is 1. The van der Waals surface area contributed by atoms with Gasteiger partial charge in [-0.3, -0.25) is 0 Å². The normalized spacial score (nSPS) is 12.0. The first kappa shape index (κ1) is 9.98. The van der Waals surface area contributed by atoms with Crippen molar-refractivity contribution in [2.24, 2.45) is 5.16 Å². The molecule has 4 heteroatoms. The quantitative estimate of drug-likeness (QED) is 0.481. The summed E-state index contributed by atoms with van der Waals surface area (Å²) in [4.78, 5) is 0. The summed E-state index contributed by atoms with van der Waals surface area (Å²) < 4.78 is 6.35. The molecule has 2 aromatic rings. The molecule has 0 aliphatic rings. The number of fused-ring (bicyclic) bond motifs is 1. The molecule has 0 unspecified atom stereocenters. The maximum Gasteiger partial charge on any atom is 0.127 e. The maximum atomic E-state index is 8.77. The van der Waals surface area contributed by atoms with Gasteiger partial charge in [0.15, 0.2) is 0 Å². The van der Waals surface area contributed by atoms with Crippen LogP contribution >= 0.6 is 11.3 Å². The van der Waals surface area contributed by atoms with Gasteiger partial charge in [-0.25, -0.2) is 0 Å². The highest BCUT2D eigenvalue weighted by Crippen LogP contribution is 2.32. The van der Waals surface area contributed by atoms with Crippen LogP contribution in [0.4, 0.5) is 0 Å².